The number of hydrogen-bond donors (Lipinski definition) is 2. The Balaban J connectivity index is 1.86. The van der Waals surface area contributed by atoms with Gasteiger partial charge in [0, 0.05) is 10.7 Å². The quantitative estimate of drug-likeness (QED) is 0.670. The summed E-state index contributed by atoms with van der Waals surface area (Å²) in [4.78, 5) is 12.0. The standard InChI is InChI=1S/C15H19ClN4O2S2/c1-9-10(16)4-3-5-12(9)18-13(21)8-24-15-20-19-14(22-15)11(17)6-7-23-2/h3-5,11H,6-8,17H2,1-2H3,(H,18,21)/t11-/m0/s1. The Morgan fingerprint density at radius 2 is 2.25 bits per heavy atom. The van der Waals surface area contributed by atoms with E-state index < -0.39 is 0 Å². The van der Waals surface area contributed by atoms with Gasteiger partial charge in [-0.1, -0.05) is 29.4 Å². The van der Waals surface area contributed by atoms with E-state index in [1.54, 1.807) is 30.0 Å². The Bertz CT molecular complexity index is 696. The van der Waals surface area contributed by atoms with Crippen LogP contribution in [0.1, 0.15) is 23.9 Å². The summed E-state index contributed by atoms with van der Waals surface area (Å²) in [5.41, 5.74) is 7.50. The summed E-state index contributed by atoms with van der Waals surface area (Å²) in [5, 5.41) is 11.6. The highest BCUT2D eigenvalue weighted by molar-refractivity contribution is 7.99. The van der Waals surface area contributed by atoms with Crippen molar-refractivity contribution < 1.29 is 9.21 Å². The maximum Gasteiger partial charge on any atom is 0.277 e. The van der Waals surface area contributed by atoms with Crippen molar-refractivity contribution in [2.24, 2.45) is 5.73 Å². The zero-order valence-corrected chi connectivity index (χ0v) is 15.8. The molecule has 0 radical (unpaired) electrons. The van der Waals surface area contributed by atoms with Gasteiger partial charge in [0.15, 0.2) is 0 Å². The summed E-state index contributed by atoms with van der Waals surface area (Å²) >= 11 is 8.92. The molecule has 1 aromatic carbocycles. The summed E-state index contributed by atoms with van der Waals surface area (Å²) in [5.74, 6) is 1.32. The van der Waals surface area contributed by atoms with Crippen molar-refractivity contribution in [3.63, 3.8) is 0 Å². The van der Waals surface area contributed by atoms with Gasteiger partial charge in [0.25, 0.3) is 5.22 Å². The number of nitrogens with two attached hydrogens (primary N) is 1. The topological polar surface area (TPSA) is 94.0 Å². The molecule has 2 aromatic rings. The first-order valence-corrected chi connectivity index (χ1v) is 10.0. The average Bonchev–Trinajstić information content (AvgIpc) is 3.04. The van der Waals surface area contributed by atoms with Gasteiger partial charge in [-0.3, -0.25) is 4.79 Å². The van der Waals surface area contributed by atoms with E-state index in [9.17, 15) is 4.79 Å². The Kier molecular flexibility index (Phi) is 7.41. The summed E-state index contributed by atoms with van der Waals surface area (Å²) in [6.45, 7) is 1.85. The number of anilines is 1. The number of carbonyl (C=O) groups excluding carboxylic acids is 1. The Labute approximate surface area is 154 Å². The van der Waals surface area contributed by atoms with E-state index in [0.29, 0.717) is 21.8 Å². The Hall–Kier alpha value is -1.22. The van der Waals surface area contributed by atoms with Crippen LogP contribution < -0.4 is 11.1 Å². The number of halogens is 1. The molecule has 0 aliphatic carbocycles. The van der Waals surface area contributed by atoms with E-state index in [-0.39, 0.29) is 17.7 Å². The van der Waals surface area contributed by atoms with Crippen molar-refractivity contribution in [2.75, 3.05) is 23.1 Å². The normalized spacial score (nSPS) is 12.2. The second kappa shape index (κ2) is 9.31. The van der Waals surface area contributed by atoms with Crippen molar-refractivity contribution in [3.05, 3.63) is 34.7 Å². The van der Waals surface area contributed by atoms with Crippen LogP contribution in [0, 0.1) is 6.92 Å². The molecule has 0 spiro atoms. The highest BCUT2D eigenvalue weighted by Crippen LogP contribution is 2.24. The second-order valence-electron chi connectivity index (χ2n) is 5.04. The molecule has 0 saturated carbocycles. The number of nitrogens with one attached hydrogen (secondary N) is 1. The van der Waals surface area contributed by atoms with Gasteiger partial charge in [0.1, 0.15) is 0 Å². The fourth-order valence-electron chi connectivity index (χ4n) is 1.85. The minimum Gasteiger partial charge on any atom is -0.414 e. The molecule has 0 fully saturated rings. The van der Waals surface area contributed by atoms with Crippen LogP contribution in [-0.2, 0) is 4.79 Å². The zero-order valence-electron chi connectivity index (χ0n) is 13.4. The molecule has 6 nitrogen and oxygen atoms in total. The van der Waals surface area contributed by atoms with Gasteiger partial charge in [-0.2, -0.15) is 11.8 Å². The third-order valence-electron chi connectivity index (χ3n) is 3.24. The van der Waals surface area contributed by atoms with Crippen molar-refractivity contribution >= 4 is 46.7 Å². The average molecular weight is 387 g/mol. The Morgan fingerprint density at radius 3 is 3.00 bits per heavy atom. The van der Waals surface area contributed by atoms with Crippen LogP contribution in [0.15, 0.2) is 27.8 Å². The summed E-state index contributed by atoms with van der Waals surface area (Å²) < 4.78 is 5.49. The predicted octanol–water partition coefficient (Wildman–Crippen LogP) is 3.52. The summed E-state index contributed by atoms with van der Waals surface area (Å²) in [6.07, 6.45) is 2.78. The van der Waals surface area contributed by atoms with Crippen molar-refractivity contribution in [2.45, 2.75) is 24.6 Å². The zero-order chi connectivity index (χ0) is 17.5. The number of carbonyl (C=O) groups is 1. The van der Waals surface area contributed by atoms with Gasteiger partial charge in [-0.05, 0) is 43.0 Å². The van der Waals surface area contributed by atoms with Crippen LogP contribution in [0.4, 0.5) is 5.69 Å². The molecule has 9 heteroatoms. The number of rotatable bonds is 8. The summed E-state index contributed by atoms with van der Waals surface area (Å²) in [7, 11) is 0. The molecule has 0 aliphatic rings. The number of thioether (sulfide) groups is 2. The minimum atomic E-state index is -0.276. The Morgan fingerprint density at radius 1 is 1.46 bits per heavy atom. The van der Waals surface area contributed by atoms with Crippen molar-refractivity contribution in [1.82, 2.24) is 10.2 Å². The molecule has 0 saturated heterocycles. The smallest absolute Gasteiger partial charge is 0.277 e. The maximum absolute atomic E-state index is 12.0. The first kappa shape index (κ1) is 19.1. The van der Waals surface area contributed by atoms with Crippen LogP contribution >= 0.6 is 35.1 Å². The first-order valence-electron chi connectivity index (χ1n) is 7.27. The molecule has 1 atom stereocenters. The van der Waals surface area contributed by atoms with Crippen molar-refractivity contribution in [3.8, 4) is 0 Å². The molecule has 0 bridgehead atoms. The van der Waals surface area contributed by atoms with E-state index in [0.717, 1.165) is 17.7 Å². The van der Waals surface area contributed by atoms with Gasteiger partial charge in [0.05, 0.1) is 11.8 Å². The van der Waals surface area contributed by atoms with Gasteiger partial charge in [0.2, 0.25) is 11.8 Å². The minimum absolute atomic E-state index is 0.160. The van der Waals surface area contributed by atoms with Crippen LogP contribution in [0.25, 0.3) is 0 Å². The molecule has 1 heterocycles. The second-order valence-corrected chi connectivity index (χ2v) is 7.36. The van der Waals surface area contributed by atoms with E-state index >= 15 is 0 Å². The SMILES string of the molecule is CSCC[C@H](N)c1nnc(SCC(=O)Nc2cccc(Cl)c2C)o1. The molecule has 0 aliphatic heterocycles. The highest BCUT2D eigenvalue weighted by atomic mass is 35.5. The highest BCUT2D eigenvalue weighted by Gasteiger charge is 2.15. The van der Waals surface area contributed by atoms with E-state index in [1.807, 2.05) is 13.2 Å². The van der Waals surface area contributed by atoms with Crippen LogP contribution in [0.5, 0.6) is 0 Å². The fraction of sp³-hybridized carbons (Fsp3) is 0.400. The van der Waals surface area contributed by atoms with Crippen LogP contribution in [-0.4, -0.2) is 33.9 Å². The number of aromatic nitrogens is 2. The van der Waals surface area contributed by atoms with E-state index in [1.165, 1.54) is 11.8 Å². The van der Waals surface area contributed by atoms with Crippen LogP contribution in [0.3, 0.4) is 0 Å². The number of hydrogen-bond acceptors (Lipinski definition) is 7. The van der Waals surface area contributed by atoms with E-state index in [4.69, 9.17) is 21.8 Å². The largest absolute Gasteiger partial charge is 0.414 e. The lowest BCUT2D eigenvalue weighted by Crippen LogP contribution is -2.14. The van der Waals surface area contributed by atoms with Gasteiger partial charge in [-0.15, -0.1) is 10.2 Å². The molecule has 1 amide bonds. The molecule has 130 valence electrons. The number of nitrogens with zero attached hydrogens (tertiary/aromatic N) is 2. The molecule has 24 heavy (non-hydrogen) atoms. The molecule has 2 rings (SSSR count). The monoisotopic (exact) mass is 386 g/mol. The van der Waals surface area contributed by atoms with Gasteiger partial charge in [-0.25, -0.2) is 0 Å². The predicted molar refractivity (Wildman–Crippen MR) is 99.8 cm³/mol. The molecular formula is C15H19ClN4O2S2. The van der Waals surface area contributed by atoms with E-state index in [2.05, 4.69) is 15.5 Å². The third kappa shape index (κ3) is 5.41. The lowest BCUT2D eigenvalue weighted by Gasteiger charge is -2.08. The molecule has 3 N–H and O–H groups in total. The van der Waals surface area contributed by atoms with Crippen molar-refractivity contribution in [1.29, 1.82) is 0 Å². The third-order valence-corrected chi connectivity index (χ3v) is 5.11. The maximum atomic E-state index is 12.0. The number of amides is 1. The van der Waals surface area contributed by atoms with Crippen LogP contribution in [0.2, 0.25) is 5.02 Å². The first-order chi connectivity index (χ1) is 11.5. The fourth-order valence-corrected chi connectivity index (χ4v) is 3.09. The lowest BCUT2D eigenvalue weighted by atomic mass is 10.2. The number of benzene rings is 1. The summed E-state index contributed by atoms with van der Waals surface area (Å²) in [6, 6.07) is 5.10. The molecule has 0 unspecified atom stereocenters. The molecule has 1 aromatic heterocycles. The molecular weight excluding hydrogens is 368 g/mol. The van der Waals surface area contributed by atoms with Gasteiger partial charge < -0.3 is 15.5 Å². The lowest BCUT2D eigenvalue weighted by molar-refractivity contribution is -0.113. The van der Waals surface area contributed by atoms with Gasteiger partial charge >= 0.3 is 0 Å².